The molecule has 1 atom stereocenters. The highest BCUT2D eigenvalue weighted by molar-refractivity contribution is 7.89. The number of pyridine rings is 1. The molecule has 43 heavy (non-hydrogen) atoms. The van der Waals surface area contributed by atoms with E-state index in [9.17, 15) is 18.4 Å². The van der Waals surface area contributed by atoms with E-state index in [0.717, 1.165) is 41.7 Å². The summed E-state index contributed by atoms with van der Waals surface area (Å²) < 4.78 is 34.8. The third kappa shape index (κ3) is 7.95. The molecule has 1 aliphatic rings. The topological polar surface area (TPSA) is 124 Å². The monoisotopic (exact) mass is 603 g/mol. The van der Waals surface area contributed by atoms with Crippen molar-refractivity contribution in [2.75, 3.05) is 32.7 Å². The predicted molar refractivity (Wildman–Crippen MR) is 164 cm³/mol. The van der Waals surface area contributed by atoms with Crippen molar-refractivity contribution < 1.29 is 23.2 Å². The first-order valence-electron chi connectivity index (χ1n) is 14.3. The van der Waals surface area contributed by atoms with Crippen molar-refractivity contribution in [3.8, 4) is 5.75 Å². The molecule has 1 aromatic heterocycles. The fraction of sp³-hybridized carbons (Fsp3) is 0.312. The van der Waals surface area contributed by atoms with Crippen LogP contribution in [0.3, 0.4) is 0 Å². The number of ether oxygens (including phenoxy) is 1. The summed E-state index contributed by atoms with van der Waals surface area (Å²) in [5.41, 5.74) is 5.70. The van der Waals surface area contributed by atoms with E-state index in [0.29, 0.717) is 32.0 Å². The summed E-state index contributed by atoms with van der Waals surface area (Å²) in [4.78, 5) is 21.5. The second-order valence-corrected chi connectivity index (χ2v) is 12.5. The van der Waals surface area contributed by atoms with Crippen molar-refractivity contribution in [2.45, 2.75) is 37.4 Å². The zero-order chi connectivity index (χ0) is 30.2. The number of hydroxylamine groups is 1. The standard InChI is InChI=1S/C32H37N5O5S/c1-24-20-26(29-10-5-6-11-30(29)34-24)23-42-27-12-14-28(15-13-27)43(40,41)33-21-31(32(38)35-39)37-17-7-16-36(18-19-37)22-25-8-3-2-4-9-25/h2-6,8-15,20,31,33,39H,7,16-19,21-23H2,1H3,(H,35,38). The minimum absolute atomic E-state index is 0.0538. The van der Waals surface area contributed by atoms with Crippen LogP contribution in [0.5, 0.6) is 5.75 Å². The number of sulfonamides is 1. The van der Waals surface area contributed by atoms with Crippen LogP contribution in [0.1, 0.15) is 23.2 Å². The molecule has 4 aromatic rings. The van der Waals surface area contributed by atoms with Gasteiger partial charge in [-0.1, -0.05) is 48.5 Å². The molecule has 1 unspecified atom stereocenters. The van der Waals surface area contributed by atoms with Gasteiger partial charge in [0.2, 0.25) is 10.0 Å². The van der Waals surface area contributed by atoms with Crippen molar-refractivity contribution in [2.24, 2.45) is 0 Å². The Kier molecular flexibility index (Phi) is 10.0. The number of benzene rings is 3. The zero-order valence-electron chi connectivity index (χ0n) is 24.1. The van der Waals surface area contributed by atoms with E-state index in [1.165, 1.54) is 17.7 Å². The van der Waals surface area contributed by atoms with Gasteiger partial charge in [-0.05, 0) is 61.9 Å². The van der Waals surface area contributed by atoms with Crippen LogP contribution in [0, 0.1) is 6.92 Å². The summed E-state index contributed by atoms with van der Waals surface area (Å²) in [5, 5.41) is 10.4. The molecule has 3 aromatic carbocycles. The van der Waals surface area contributed by atoms with Gasteiger partial charge in [0.05, 0.1) is 10.4 Å². The number of hydrogen-bond acceptors (Lipinski definition) is 8. The highest BCUT2D eigenvalue weighted by atomic mass is 32.2. The Hall–Kier alpha value is -3.87. The quantitative estimate of drug-likeness (QED) is 0.176. The second kappa shape index (κ2) is 14.1. The van der Waals surface area contributed by atoms with Gasteiger partial charge in [0.15, 0.2) is 0 Å². The normalized spacial score (nSPS) is 15.6. The SMILES string of the molecule is Cc1cc(COc2ccc(S(=O)(=O)NCC(C(=O)NO)N3CCCN(Cc4ccccc4)CC3)cc2)c2ccccc2n1. The number of fused-ring (bicyclic) bond motifs is 1. The maximum absolute atomic E-state index is 13.1. The minimum atomic E-state index is -3.93. The molecule has 1 saturated heterocycles. The summed E-state index contributed by atoms with van der Waals surface area (Å²) in [5.74, 6) is -0.124. The molecule has 10 nitrogen and oxygen atoms in total. The van der Waals surface area contributed by atoms with E-state index in [4.69, 9.17) is 4.74 Å². The largest absolute Gasteiger partial charge is 0.489 e. The van der Waals surface area contributed by atoms with Gasteiger partial charge in [0.25, 0.3) is 5.91 Å². The van der Waals surface area contributed by atoms with Gasteiger partial charge in [-0.2, -0.15) is 0 Å². The van der Waals surface area contributed by atoms with E-state index in [-0.39, 0.29) is 11.4 Å². The highest BCUT2D eigenvalue weighted by Crippen LogP contribution is 2.22. The number of nitrogens with zero attached hydrogens (tertiary/aromatic N) is 3. The predicted octanol–water partition coefficient (Wildman–Crippen LogP) is 3.48. The van der Waals surface area contributed by atoms with Gasteiger partial charge in [-0.15, -0.1) is 0 Å². The highest BCUT2D eigenvalue weighted by Gasteiger charge is 2.29. The van der Waals surface area contributed by atoms with E-state index < -0.39 is 22.0 Å². The van der Waals surface area contributed by atoms with Gasteiger partial charge >= 0.3 is 0 Å². The summed E-state index contributed by atoms with van der Waals surface area (Å²) in [6, 6.07) is 25.3. The number of hydrogen-bond donors (Lipinski definition) is 3. The first kappa shape index (κ1) is 30.6. The third-order valence-corrected chi connectivity index (χ3v) is 9.09. The van der Waals surface area contributed by atoms with E-state index in [2.05, 4.69) is 26.7 Å². The smallest absolute Gasteiger partial charge is 0.262 e. The van der Waals surface area contributed by atoms with Crippen LogP contribution in [0.4, 0.5) is 0 Å². The van der Waals surface area contributed by atoms with Crippen LogP contribution in [0.2, 0.25) is 0 Å². The number of para-hydroxylation sites is 1. The van der Waals surface area contributed by atoms with Crippen molar-refractivity contribution >= 4 is 26.8 Å². The lowest BCUT2D eigenvalue weighted by atomic mass is 10.1. The molecule has 0 spiro atoms. The molecule has 1 amide bonds. The molecule has 11 heteroatoms. The summed E-state index contributed by atoms with van der Waals surface area (Å²) >= 11 is 0. The van der Waals surface area contributed by atoms with Gasteiger partial charge in [0, 0.05) is 49.4 Å². The Balaban J connectivity index is 1.19. The van der Waals surface area contributed by atoms with Crippen LogP contribution in [0.25, 0.3) is 10.9 Å². The Morgan fingerprint density at radius 1 is 0.977 bits per heavy atom. The van der Waals surface area contributed by atoms with E-state index in [1.807, 2.05) is 60.4 Å². The van der Waals surface area contributed by atoms with Crippen molar-refractivity contribution in [1.82, 2.24) is 25.0 Å². The summed E-state index contributed by atoms with van der Waals surface area (Å²) in [6.07, 6.45) is 0.811. The number of amides is 1. The zero-order valence-corrected chi connectivity index (χ0v) is 25.0. The molecule has 1 fully saturated rings. The lowest BCUT2D eigenvalue weighted by Crippen LogP contribution is -2.53. The number of aryl methyl sites for hydroxylation is 1. The molecule has 0 radical (unpaired) electrons. The number of carbonyl (C=O) groups is 1. The molecule has 1 aliphatic heterocycles. The summed E-state index contributed by atoms with van der Waals surface area (Å²) in [7, 11) is -3.93. The lowest BCUT2D eigenvalue weighted by molar-refractivity contribution is -0.134. The Morgan fingerprint density at radius 3 is 2.49 bits per heavy atom. The maximum atomic E-state index is 13.1. The minimum Gasteiger partial charge on any atom is -0.489 e. The van der Waals surface area contributed by atoms with Crippen molar-refractivity contribution in [1.29, 1.82) is 0 Å². The Morgan fingerprint density at radius 2 is 1.72 bits per heavy atom. The number of aromatic nitrogens is 1. The molecular weight excluding hydrogens is 566 g/mol. The summed E-state index contributed by atoms with van der Waals surface area (Å²) in [6.45, 7) is 5.60. The van der Waals surface area contributed by atoms with Gasteiger partial charge in [-0.3, -0.25) is 24.8 Å². The number of carbonyl (C=O) groups excluding carboxylic acids is 1. The van der Waals surface area contributed by atoms with Crippen LogP contribution in [-0.2, 0) is 28.0 Å². The maximum Gasteiger partial charge on any atom is 0.262 e. The van der Waals surface area contributed by atoms with Crippen LogP contribution in [-0.4, -0.2) is 73.1 Å². The molecule has 5 rings (SSSR count). The molecule has 226 valence electrons. The second-order valence-electron chi connectivity index (χ2n) is 10.7. The van der Waals surface area contributed by atoms with E-state index >= 15 is 0 Å². The fourth-order valence-corrected chi connectivity index (χ4v) is 6.47. The fourth-order valence-electron chi connectivity index (χ4n) is 5.43. The Bertz CT molecular complexity index is 1630. The van der Waals surface area contributed by atoms with E-state index in [1.54, 1.807) is 17.6 Å². The number of nitrogens with one attached hydrogen (secondary N) is 2. The van der Waals surface area contributed by atoms with Crippen LogP contribution < -0.4 is 14.9 Å². The average Bonchev–Trinajstić information content (AvgIpc) is 3.25. The first-order valence-corrected chi connectivity index (χ1v) is 15.8. The first-order chi connectivity index (χ1) is 20.8. The lowest BCUT2D eigenvalue weighted by Gasteiger charge is -2.29. The molecule has 3 N–H and O–H groups in total. The third-order valence-electron chi connectivity index (χ3n) is 7.65. The molecule has 0 saturated carbocycles. The average molecular weight is 604 g/mol. The molecule has 0 aliphatic carbocycles. The van der Waals surface area contributed by atoms with Crippen molar-refractivity contribution in [3.05, 3.63) is 102 Å². The Labute approximate surface area is 252 Å². The molecule has 2 heterocycles. The van der Waals surface area contributed by atoms with Crippen LogP contribution >= 0.6 is 0 Å². The molecular formula is C32H37N5O5S. The van der Waals surface area contributed by atoms with Crippen LogP contribution in [0.15, 0.2) is 89.8 Å². The van der Waals surface area contributed by atoms with Gasteiger partial charge in [0.1, 0.15) is 18.4 Å². The van der Waals surface area contributed by atoms with Gasteiger partial charge < -0.3 is 4.74 Å². The molecule has 0 bridgehead atoms. The van der Waals surface area contributed by atoms with Gasteiger partial charge in [-0.25, -0.2) is 18.6 Å². The number of rotatable bonds is 11. The van der Waals surface area contributed by atoms with Crippen molar-refractivity contribution in [3.63, 3.8) is 0 Å².